The quantitative estimate of drug-likeness (QED) is 0.128. The zero-order chi connectivity index (χ0) is 49.6. The van der Waals surface area contributed by atoms with E-state index in [0.717, 1.165) is 100 Å². The Morgan fingerprint density at radius 2 is 0.689 bits per heavy atom. The minimum absolute atomic E-state index is 0.204. The van der Waals surface area contributed by atoms with Gasteiger partial charge in [-0.25, -0.2) is 0 Å². The predicted octanol–water partition coefficient (Wildman–Crippen LogP) is 20.9. The van der Waals surface area contributed by atoms with Gasteiger partial charge in [0.05, 0.1) is 34.1 Å². The summed E-state index contributed by atoms with van der Waals surface area (Å²) in [7, 11) is 0. The van der Waals surface area contributed by atoms with Crippen molar-refractivity contribution in [3.05, 3.63) is 242 Å². The van der Waals surface area contributed by atoms with Crippen molar-refractivity contribution in [2.45, 2.75) is 39.5 Å². The fraction of sp³-hybridized carbons (Fsp3) is 0.0857. The number of furan rings is 2. The first kappa shape index (κ1) is 43.7. The summed E-state index contributed by atoms with van der Waals surface area (Å²) in [6.45, 7) is 9.33. The highest BCUT2D eigenvalue weighted by atomic mass is 16.3. The van der Waals surface area contributed by atoms with Crippen LogP contribution in [0.2, 0.25) is 0 Å². The summed E-state index contributed by atoms with van der Waals surface area (Å²) in [6, 6.07) is 83.7. The average molecular weight is 953 g/mol. The van der Waals surface area contributed by atoms with E-state index in [9.17, 15) is 0 Å². The molecule has 0 aliphatic heterocycles. The molecule has 0 radical (unpaired) electrons. The van der Waals surface area contributed by atoms with Gasteiger partial charge in [-0.05, 0) is 110 Å². The molecule has 0 N–H and O–H groups in total. The predicted molar refractivity (Wildman–Crippen MR) is 313 cm³/mol. The average Bonchev–Trinajstić information content (AvgIpc) is 4.10. The van der Waals surface area contributed by atoms with Gasteiger partial charge in [-0.15, -0.1) is 0 Å². The van der Waals surface area contributed by atoms with Gasteiger partial charge in [-0.3, -0.25) is 0 Å². The van der Waals surface area contributed by atoms with Crippen LogP contribution >= 0.6 is 0 Å². The van der Waals surface area contributed by atoms with Gasteiger partial charge in [0.2, 0.25) is 0 Å². The maximum absolute atomic E-state index is 6.98. The van der Waals surface area contributed by atoms with E-state index < -0.39 is 0 Å². The standard InChI is InChI=1S/C70H52N2O2/c1-43(2)56-41-58-64(72(60-32-16-12-26-48(60)46-23-9-6-10-24-46)63-34-20-30-54-50-28-14-18-36-66(50)74-70(54)63)42-57(44(3)4)51-37-38-55-61(40-39-52(56)67(55)68(51)58)71(59-31-15-11-25-47(59)45-21-7-5-8-22-45)62-33-19-29-53-49-27-13-17-35-65(49)73-69(53)62/h5-44H,1-4H3. The third-order valence-electron chi connectivity index (χ3n) is 15.4. The first-order valence-corrected chi connectivity index (χ1v) is 25.9. The minimum atomic E-state index is 0.204. The lowest BCUT2D eigenvalue weighted by atomic mass is 9.83. The van der Waals surface area contributed by atoms with Crippen LogP contribution in [0.5, 0.6) is 0 Å². The number of nitrogens with zero attached hydrogens (tertiary/aromatic N) is 2. The van der Waals surface area contributed by atoms with Crippen LogP contribution in [0, 0.1) is 0 Å². The normalized spacial score (nSPS) is 12.0. The van der Waals surface area contributed by atoms with E-state index in [2.05, 4.69) is 268 Å². The van der Waals surface area contributed by atoms with E-state index in [4.69, 9.17) is 8.83 Å². The Morgan fingerprint density at radius 1 is 0.284 bits per heavy atom. The molecule has 0 spiro atoms. The third kappa shape index (κ3) is 6.75. The molecule has 0 saturated heterocycles. The van der Waals surface area contributed by atoms with E-state index in [-0.39, 0.29) is 11.8 Å². The van der Waals surface area contributed by atoms with E-state index in [1.54, 1.807) is 0 Å². The second-order valence-corrected chi connectivity index (χ2v) is 20.3. The van der Waals surface area contributed by atoms with E-state index in [1.807, 2.05) is 0 Å². The Morgan fingerprint density at radius 3 is 1.23 bits per heavy atom. The first-order valence-electron chi connectivity index (χ1n) is 25.9. The van der Waals surface area contributed by atoms with Crippen LogP contribution in [-0.2, 0) is 0 Å². The largest absolute Gasteiger partial charge is 0.454 e. The highest BCUT2D eigenvalue weighted by Gasteiger charge is 2.30. The minimum Gasteiger partial charge on any atom is -0.454 e. The molecule has 14 aromatic rings. The van der Waals surface area contributed by atoms with Gasteiger partial charge >= 0.3 is 0 Å². The van der Waals surface area contributed by atoms with Gasteiger partial charge in [0.15, 0.2) is 11.2 Å². The van der Waals surface area contributed by atoms with E-state index in [1.165, 1.54) is 43.4 Å². The second kappa shape index (κ2) is 17.3. The Kier molecular flexibility index (Phi) is 10.2. The Bertz CT molecular complexity index is 4440. The molecule has 354 valence electrons. The smallest absolute Gasteiger partial charge is 0.159 e. The van der Waals surface area contributed by atoms with Crippen molar-refractivity contribution in [1.29, 1.82) is 0 Å². The maximum atomic E-state index is 6.98. The molecule has 2 heterocycles. The zero-order valence-electron chi connectivity index (χ0n) is 41.8. The molecule has 0 aliphatic carbocycles. The van der Waals surface area contributed by atoms with Crippen LogP contribution in [0.3, 0.4) is 0 Å². The number of hydrogen-bond donors (Lipinski definition) is 0. The van der Waals surface area contributed by atoms with Gasteiger partial charge in [-0.1, -0.05) is 204 Å². The zero-order valence-corrected chi connectivity index (χ0v) is 41.8. The van der Waals surface area contributed by atoms with Gasteiger partial charge in [0.1, 0.15) is 11.2 Å². The van der Waals surface area contributed by atoms with E-state index >= 15 is 0 Å². The van der Waals surface area contributed by atoms with Crippen LogP contribution in [0.25, 0.3) is 98.4 Å². The van der Waals surface area contributed by atoms with Crippen molar-refractivity contribution in [1.82, 2.24) is 0 Å². The van der Waals surface area contributed by atoms with Gasteiger partial charge in [-0.2, -0.15) is 0 Å². The lowest BCUT2D eigenvalue weighted by Gasteiger charge is -2.32. The molecule has 12 aromatic carbocycles. The topological polar surface area (TPSA) is 32.8 Å². The monoisotopic (exact) mass is 952 g/mol. The summed E-state index contributed by atoms with van der Waals surface area (Å²) in [4.78, 5) is 4.96. The summed E-state index contributed by atoms with van der Waals surface area (Å²) in [5.41, 5.74) is 16.9. The maximum Gasteiger partial charge on any atom is 0.159 e. The van der Waals surface area contributed by atoms with Gasteiger partial charge < -0.3 is 18.6 Å². The van der Waals surface area contributed by atoms with Crippen LogP contribution in [-0.4, -0.2) is 0 Å². The summed E-state index contributed by atoms with van der Waals surface area (Å²) < 4.78 is 13.9. The molecule has 0 fully saturated rings. The number of anilines is 6. The third-order valence-corrected chi connectivity index (χ3v) is 15.4. The van der Waals surface area contributed by atoms with Gasteiger partial charge in [0, 0.05) is 43.4 Å². The summed E-state index contributed by atoms with van der Waals surface area (Å²) in [5, 5.41) is 11.8. The Balaban J connectivity index is 1.13. The molecule has 0 unspecified atom stereocenters. The molecule has 0 amide bonds. The van der Waals surface area contributed by atoms with Crippen molar-refractivity contribution < 1.29 is 8.83 Å². The molecule has 14 rings (SSSR count). The summed E-state index contributed by atoms with van der Waals surface area (Å²) >= 11 is 0. The van der Waals surface area contributed by atoms with Crippen molar-refractivity contribution in [3.63, 3.8) is 0 Å². The molecular weight excluding hydrogens is 901 g/mol. The van der Waals surface area contributed by atoms with Crippen LogP contribution in [0.1, 0.15) is 50.7 Å². The molecule has 0 bridgehead atoms. The lowest BCUT2D eigenvalue weighted by molar-refractivity contribution is 0.669. The van der Waals surface area contributed by atoms with Crippen LogP contribution in [0.15, 0.2) is 239 Å². The molecule has 0 saturated carbocycles. The molecule has 0 atom stereocenters. The van der Waals surface area contributed by atoms with E-state index in [0.29, 0.717) is 0 Å². The molecule has 74 heavy (non-hydrogen) atoms. The molecular formula is C70H52N2O2. The fourth-order valence-corrected chi connectivity index (χ4v) is 12.0. The fourth-order valence-electron chi connectivity index (χ4n) is 12.0. The second-order valence-electron chi connectivity index (χ2n) is 20.3. The van der Waals surface area contributed by atoms with Crippen molar-refractivity contribution in [3.8, 4) is 22.3 Å². The Labute approximate surface area is 430 Å². The highest BCUT2D eigenvalue weighted by molar-refractivity contribution is 6.30. The SMILES string of the molecule is CC(C)c1cc2c(N(c3ccccc3-c3ccccc3)c3cccc4c3oc3ccccc34)cc(C(C)C)c3ccc4c(N(c5ccccc5-c5ccccc5)c5cccc6c5oc5ccccc56)ccc1c4c32. The van der Waals surface area contributed by atoms with Crippen molar-refractivity contribution in [2.24, 2.45) is 0 Å². The van der Waals surface area contributed by atoms with Crippen molar-refractivity contribution >= 4 is 110 Å². The lowest BCUT2D eigenvalue weighted by Crippen LogP contribution is -2.14. The molecule has 2 aromatic heterocycles. The first-order chi connectivity index (χ1) is 36.4. The highest BCUT2D eigenvalue weighted by Crippen LogP contribution is 2.54. The molecule has 4 heteroatoms. The Hall–Kier alpha value is -9.12. The summed E-state index contributed by atoms with van der Waals surface area (Å²) in [6.07, 6.45) is 0. The molecule has 0 aliphatic rings. The number of fused-ring (bicyclic) bond motifs is 6. The van der Waals surface area contributed by atoms with Crippen LogP contribution in [0.4, 0.5) is 34.1 Å². The van der Waals surface area contributed by atoms with Crippen LogP contribution < -0.4 is 9.80 Å². The molecule has 4 nitrogen and oxygen atoms in total. The van der Waals surface area contributed by atoms with Crippen molar-refractivity contribution in [2.75, 3.05) is 9.80 Å². The summed E-state index contributed by atoms with van der Waals surface area (Å²) in [5.74, 6) is 0.420. The van der Waals surface area contributed by atoms with Gasteiger partial charge in [0.25, 0.3) is 0 Å². The number of para-hydroxylation sites is 6. The number of hydrogen-bond acceptors (Lipinski definition) is 4. The number of benzene rings is 12. The number of rotatable bonds is 10.